The second-order valence-electron chi connectivity index (χ2n) is 4.63. The third-order valence-corrected chi connectivity index (χ3v) is 3.23. The van der Waals surface area contributed by atoms with Gasteiger partial charge in [-0.3, -0.25) is 5.32 Å². The van der Waals surface area contributed by atoms with Crippen molar-refractivity contribution in [3.8, 4) is 0 Å². The van der Waals surface area contributed by atoms with E-state index in [1.807, 2.05) is 24.3 Å². The van der Waals surface area contributed by atoms with Gasteiger partial charge in [-0.1, -0.05) is 6.07 Å². The van der Waals surface area contributed by atoms with Gasteiger partial charge in [-0.05, 0) is 37.0 Å². The molecule has 0 aliphatic carbocycles. The molecule has 0 saturated carbocycles. The molecule has 1 heterocycles. The van der Waals surface area contributed by atoms with Crippen molar-refractivity contribution in [2.24, 2.45) is 5.92 Å². The molecule has 1 saturated heterocycles. The first-order chi connectivity index (χ1) is 9.28. The van der Waals surface area contributed by atoms with E-state index in [1.54, 1.807) is 0 Å². The number of hydrogen-bond donors (Lipinski definition) is 2. The maximum absolute atomic E-state index is 11.1. The van der Waals surface area contributed by atoms with Gasteiger partial charge in [-0.15, -0.1) is 0 Å². The third-order valence-electron chi connectivity index (χ3n) is 3.23. The van der Waals surface area contributed by atoms with Crippen LogP contribution in [0.1, 0.15) is 12.8 Å². The van der Waals surface area contributed by atoms with Gasteiger partial charge >= 0.3 is 6.09 Å². The van der Waals surface area contributed by atoms with E-state index in [4.69, 9.17) is 4.74 Å². The van der Waals surface area contributed by atoms with Crippen molar-refractivity contribution in [1.29, 1.82) is 0 Å². The molecule has 5 heteroatoms. The van der Waals surface area contributed by atoms with Crippen LogP contribution in [0, 0.1) is 5.92 Å². The number of methoxy groups -OCH3 is 1. The molecule has 1 aromatic rings. The van der Waals surface area contributed by atoms with Gasteiger partial charge in [0, 0.05) is 31.1 Å². The first-order valence-corrected chi connectivity index (χ1v) is 6.54. The van der Waals surface area contributed by atoms with Crippen LogP contribution in [0.25, 0.3) is 0 Å². The lowest BCUT2D eigenvalue weighted by Gasteiger charge is -2.22. The van der Waals surface area contributed by atoms with Crippen molar-refractivity contribution < 1.29 is 14.3 Å². The van der Waals surface area contributed by atoms with Crippen molar-refractivity contribution in [3.63, 3.8) is 0 Å². The molecule has 1 amide bonds. The smallest absolute Gasteiger partial charge is 0.411 e. The molecule has 104 valence electrons. The van der Waals surface area contributed by atoms with Crippen LogP contribution in [0.15, 0.2) is 24.3 Å². The zero-order valence-corrected chi connectivity index (χ0v) is 11.1. The summed E-state index contributed by atoms with van der Waals surface area (Å²) in [6.07, 6.45) is 1.75. The maximum atomic E-state index is 11.1. The van der Waals surface area contributed by atoms with E-state index in [1.165, 1.54) is 7.11 Å². The zero-order valence-electron chi connectivity index (χ0n) is 11.1. The predicted molar refractivity (Wildman–Crippen MR) is 74.5 cm³/mol. The summed E-state index contributed by atoms with van der Waals surface area (Å²) in [5.41, 5.74) is 1.73. The van der Waals surface area contributed by atoms with E-state index >= 15 is 0 Å². The minimum Gasteiger partial charge on any atom is -0.453 e. The largest absolute Gasteiger partial charge is 0.453 e. The highest BCUT2D eigenvalue weighted by molar-refractivity contribution is 5.85. The number of nitrogens with one attached hydrogen (secondary N) is 2. The molecule has 0 aromatic heterocycles. The Hall–Kier alpha value is -1.75. The SMILES string of the molecule is COC(=O)Nc1cccc(NCC2CCOCC2)c1. The highest BCUT2D eigenvalue weighted by atomic mass is 16.5. The maximum Gasteiger partial charge on any atom is 0.411 e. The molecule has 0 spiro atoms. The van der Waals surface area contributed by atoms with Crippen molar-refractivity contribution in [2.45, 2.75) is 12.8 Å². The fraction of sp³-hybridized carbons (Fsp3) is 0.500. The fourth-order valence-corrected chi connectivity index (χ4v) is 2.09. The van der Waals surface area contributed by atoms with Gasteiger partial charge in [0.25, 0.3) is 0 Å². The number of hydrogen-bond acceptors (Lipinski definition) is 4. The summed E-state index contributed by atoms with van der Waals surface area (Å²) in [7, 11) is 1.35. The first-order valence-electron chi connectivity index (χ1n) is 6.54. The molecule has 2 rings (SSSR count). The van der Waals surface area contributed by atoms with Gasteiger partial charge in [-0.2, -0.15) is 0 Å². The van der Waals surface area contributed by atoms with E-state index in [-0.39, 0.29) is 0 Å². The van der Waals surface area contributed by atoms with Gasteiger partial charge in [0.15, 0.2) is 0 Å². The van der Waals surface area contributed by atoms with Gasteiger partial charge in [0.2, 0.25) is 0 Å². The molecule has 19 heavy (non-hydrogen) atoms. The van der Waals surface area contributed by atoms with Crippen LogP contribution in [-0.4, -0.2) is 33.0 Å². The average Bonchev–Trinajstić information content (AvgIpc) is 2.46. The Morgan fingerprint density at radius 2 is 2.11 bits per heavy atom. The summed E-state index contributed by atoms with van der Waals surface area (Å²) in [5.74, 6) is 0.658. The van der Waals surface area contributed by atoms with Crippen molar-refractivity contribution in [1.82, 2.24) is 0 Å². The van der Waals surface area contributed by atoms with Crippen LogP contribution in [0.4, 0.5) is 16.2 Å². The second-order valence-corrected chi connectivity index (χ2v) is 4.63. The Kier molecular flexibility index (Phi) is 5.03. The normalized spacial score (nSPS) is 15.8. The fourth-order valence-electron chi connectivity index (χ4n) is 2.09. The monoisotopic (exact) mass is 264 g/mol. The van der Waals surface area contributed by atoms with Crippen molar-refractivity contribution in [2.75, 3.05) is 37.5 Å². The Bertz CT molecular complexity index is 417. The van der Waals surface area contributed by atoms with Gasteiger partial charge in [-0.25, -0.2) is 4.79 Å². The molecule has 1 aromatic carbocycles. The summed E-state index contributed by atoms with van der Waals surface area (Å²) < 4.78 is 9.90. The van der Waals surface area contributed by atoms with Crippen molar-refractivity contribution in [3.05, 3.63) is 24.3 Å². The number of rotatable bonds is 4. The Morgan fingerprint density at radius 3 is 2.84 bits per heavy atom. The van der Waals surface area contributed by atoms with E-state index in [2.05, 4.69) is 15.4 Å². The Morgan fingerprint density at radius 1 is 1.37 bits per heavy atom. The molecule has 0 radical (unpaired) electrons. The average molecular weight is 264 g/mol. The number of carbonyl (C=O) groups is 1. The highest BCUT2D eigenvalue weighted by Crippen LogP contribution is 2.18. The highest BCUT2D eigenvalue weighted by Gasteiger charge is 2.13. The third kappa shape index (κ3) is 4.44. The minimum absolute atomic E-state index is 0.457. The van der Waals surface area contributed by atoms with E-state index in [0.29, 0.717) is 5.92 Å². The van der Waals surface area contributed by atoms with Gasteiger partial charge in [0.05, 0.1) is 7.11 Å². The van der Waals surface area contributed by atoms with Crippen LogP contribution in [0.3, 0.4) is 0 Å². The predicted octanol–water partition coefficient (Wildman–Crippen LogP) is 2.70. The van der Waals surface area contributed by atoms with Gasteiger partial charge in [0.1, 0.15) is 0 Å². The van der Waals surface area contributed by atoms with Crippen LogP contribution >= 0.6 is 0 Å². The number of benzene rings is 1. The number of anilines is 2. The van der Waals surface area contributed by atoms with E-state index in [0.717, 1.165) is 44.0 Å². The second kappa shape index (κ2) is 6.99. The number of amides is 1. The molecule has 5 nitrogen and oxygen atoms in total. The summed E-state index contributed by atoms with van der Waals surface area (Å²) in [6, 6.07) is 7.62. The lowest BCUT2D eigenvalue weighted by Crippen LogP contribution is -2.22. The van der Waals surface area contributed by atoms with Crippen LogP contribution < -0.4 is 10.6 Å². The standard InChI is InChI=1S/C14H20N2O3/c1-18-14(17)16-13-4-2-3-12(9-13)15-10-11-5-7-19-8-6-11/h2-4,9,11,15H,5-8,10H2,1H3,(H,16,17). The summed E-state index contributed by atoms with van der Waals surface area (Å²) in [4.78, 5) is 11.1. The molecule has 1 fully saturated rings. The van der Waals surface area contributed by atoms with Crippen LogP contribution in [0.2, 0.25) is 0 Å². The first kappa shape index (κ1) is 13.7. The molecule has 1 aliphatic rings. The molecule has 2 N–H and O–H groups in total. The molecular formula is C14H20N2O3. The van der Waals surface area contributed by atoms with Crippen LogP contribution in [-0.2, 0) is 9.47 Å². The summed E-state index contributed by atoms with van der Waals surface area (Å²) in [6.45, 7) is 2.65. The molecular weight excluding hydrogens is 244 g/mol. The minimum atomic E-state index is -0.457. The van der Waals surface area contributed by atoms with E-state index < -0.39 is 6.09 Å². The summed E-state index contributed by atoms with van der Waals surface area (Å²) >= 11 is 0. The zero-order chi connectivity index (χ0) is 13.5. The lowest BCUT2D eigenvalue weighted by atomic mass is 10.0. The van der Waals surface area contributed by atoms with Gasteiger partial charge < -0.3 is 14.8 Å². The molecule has 0 atom stereocenters. The van der Waals surface area contributed by atoms with Crippen molar-refractivity contribution >= 4 is 17.5 Å². The quantitative estimate of drug-likeness (QED) is 0.877. The Balaban J connectivity index is 1.85. The summed E-state index contributed by atoms with van der Waals surface area (Å²) in [5, 5.41) is 6.05. The van der Waals surface area contributed by atoms with E-state index in [9.17, 15) is 4.79 Å². The molecule has 0 bridgehead atoms. The Labute approximate surface area is 113 Å². The molecule has 1 aliphatic heterocycles. The topological polar surface area (TPSA) is 59.6 Å². The van der Waals surface area contributed by atoms with Crippen LogP contribution in [0.5, 0.6) is 0 Å². The molecule has 0 unspecified atom stereocenters. The number of carbonyl (C=O) groups excluding carboxylic acids is 1. The number of ether oxygens (including phenoxy) is 2. The lowest BCUT2D eigenvalue weighted by molar-refractivity contribution is 0.0699.